The van der Waals surface area contributed by atoms with Gasteiger partial charge in [0, 0.05) is 4.47 Å². The van der Waals surface area contributed by atoms with Gasteiger partial charge in [0.15, 0.2) is 0 Å². The number of benzene rings is 1. The van der Waals surface area contributed by atoms with Crippen LogP contribution in [0.1, 0.15) is 50.7 Å². The van der Waals surface area contributed by atoms with Gasteiger partial charge in [-0.25, -0.2) is 0 Å². The second kappa shape index (κ2) is 6.47. The average molecular weight is 357 g/mol. The molecule has 0 aromatic heterocycles. The van der Waals surface area contributed by atoms with Gasteiger partial charge in [-0.2, -0.15) is 5.26 Å². The molecule has 0 saturated heterocycles. The molecule has 2 nitrogen and oxygen atoms in total. The lowest BCUT2D eigenvalue weighted by Crippen LogP contribution is -2.32. The molecule has 0 aliphatic heterocycles. The Kier molecular flexibility index (Phi) is 5.12. The Balaban J connectivity index is 2.23. The Bertz CT molecular complexity index is 518. The zero-order valence-electron chi connectivity index (χ0n) is 11.6. The van der Waals surface area contributed by atoms with Crippen LogP contribution in [-0.4, -0.2) is 5.11 Å². The molecule has 1 saturated carbocycles. The van der Waals surface area contributed by atoms with Crippen molar-refractivity contribution in [3.05, 3.63) is 33.3 Å². The van der Waals surface area contributed by atoms with Gasteiger partial charge in [0.2, 0.25) is 0 Å². The number of nitrogens with zero attached hydrogens (tertiary/aromatic N) is 1. The smallest absolute Gasteiger partial charge is 0.0976 e. The second-order valence-electron chi connectivity index (χ2n) is 5.70. The standard InChI is InChI=1S/C16H19BrClNO/c1-2-11-5-7-16(10-19,8-6-11)15(20)12-3-4-14(18)13(17)9-12/h3-4,9,11,15,20H,2,5-8H2,1H3. The first kappa shape index (κ1) is 15.8. The van der Waals surface area contributed by atoms with Crippen molar-refractivity contribution in [2.75, 3.05) is 0 Å². The van der Waals surface area contributed by atoms with Crippen molar-refractivity contribution in [2.24, 2.45) is 11.3 Å². The summed E-state index contributed by atoms with van der Waals surface area (Å²) in [6, 6.07) is 7.78. The van der Waals surface area contributed by atoms with Crippen LogP contribution in [0.15, 0.2) is 22.7 Å². The zero-order valence-corrected chi connectivity index (χ0v) is 13.9. The van der Waals surface area contributed by atoms with E-state index in [2.05, 4.69) is 28.9 Å². The minimum absolute atomic E-state index is 0.613. The summed E-state index contributed by atoms with van der Waals surface area (Å²) in [7, 11) is 0. The number of hydrogen-bond acceptors (Lipinski definition) is 2. The molecule has 1 atom stereocenters. The maximum absolute atomic E-state index is 10.7. The fraction of sp³-hybridized carbons (Fsp3) is 0.562. The predicted molar refractivity (Wildman–Crippen MR) is 84.4 cm³/mol. The molecule has 1 aromatic carbocycles. The fourth-order valence-corrected chi connectivity index (χ4v) is 3.56. The van der Waals surface area contributed by atoms with Crippen molar-refractivity contribution >= 4 is 27.5 Å². The Hall–Kier alpha value is -0.560. The van der Waals surface area contributed by atoms with Crippen molar-refractivity contribution in [3.8, 4) is 6.07 Å². The minimum Gasteiger partial charge on any atom is -0.387 e. The minimum atomic E-state index is -0.751. The van der Waals surface area contributed by atoms with Gasteiger partial charge in [-0.1, -0.05) is 31.0 Å². The van der Waals surface area contributed by atoms with E-state index in [4.69, 9.17) is 11.6 Å². The molecule has 4 heteroatoms. The van der Waals surface area contributed by atoms with Crippen LogP contribution < -0.4 is 0 Å². The molecule has 0 amide bonds. The molecule has 108 valence electrons. The van der Waals surface area contributed by atoms with Crippen LogP contribution in [0.25, 0.3) is 0 Å². The second-order valence-corrected chi connectivity index (χ2v) is 6.96. The monoisotopic (exact) mass is 355 g/mol. The number of aliphatic hydroxyl groups excluding tert-OH is 1. The Morgan fingerprint density at radius 1 is 1.50 bits per heavy atom. The number of hydrogen-bond donors (Lipinski definition) is 1. The summed E-state index contributed by atoms with van der Waals surface area (Å²) < 4.78 is 0.756. The van der Waals surface area contributed by atoms with Gasteiger partial charge >= 0.3 is 0 Å². The fourth-order valence-electron chi connectivity index (χ4n) is 3.05. The maximum atomic E-state index is 10.7. The summed E-state index contributed by atoms with van der Waals surface area (Å²) in [5.74, 6) is 0.695. The van der Waals surface area contributed by atoms with E-state index in [1.165, 1.54) is 0 Å². The summed E-state index contributed by atoms with van der Waals surface area (Å²) in [4.78, 5) is 0. The largest absolute Gasteiger partial charge is 0.387 e. The molecule has 1 aliphatic rings. The third-order valence-electron chi connectivity index (χ3n) is 4.58. The molecule has 1 aliphatic carbocycles. The highest BCUT2D eigenvalue weighted by Gasteiger charge is 2.42. The van der Waals surface area contributed by atoms with Crippen molar-refractivity contribution < 1.29 is 5.11 Å². The van der Waals surface area contributed by atoms with Crippen LogP contribution in [0.5, 0.6) is 0 Å². The highest BCUT2D eigenvalue weighted by atomic mass is 79.9. The van der Waals surface area contributed by atoms with Crippen LogP contribution in [0.4, 0.5) is 0 Å². The van der Waals surface area contributed by atoms with Gasteiger partial charge in [0.1, 0.15) is 0 Å². The lowest BCUT2D eigenvalue weighted by Gasteiger charge is -2.38. The highest BCUT2D eigenvalue weighted by Crippen LogP contribution is 2.48. The van der Waals surface area contributed by atoms with Gasteiger partial charge in [-0.3, -0.25) is 0 Å². The van der Waals surface area contributed by atoms with E-state index in [0.717, 1.165) is 42.1 Å². The molecular formula is C16H19BrClNO. The van der Waals surface area contributed by atoms with Crippen LogP contribution >= 0.6 is 27.5 Å². The van der Waals surface area contributed by atoms with E-state index in [1.807, 2.05) is 12.1 Å². The number of rotatable bonds is 3. The summed E-state index contributed by atoms with van der Waals surface area (Å²) in [5.41, 5.74) is 0.108. The van der Waals surface area contributed by atoms with E-state index in [0.29, 0.717) is 10.9 Å². The van der Waals surface area contributed by atoms with Crippen molar-refractivity contribution in [2.45, 2.75) is 45.1 Å². The molecular weight excluding hydrogens is 338 g/mol. The van der Waals surface area contributed by atoms with Crippen LogP contribution in [0.2, 0.25) is 5.02 Å². The molecule has 20 heavy (non-hydrogen) atoms. The molecule has 1 unspecified atom stereocenters. The van der Waals surface area contributed by atoms with Crippen molar-refractivity contribution in [1.82, 2.24) is 0 Å². The van der Waals surface area contributed by atoms with Gasteiger partial charge < -0.3 is 5.11 Å². The number of nitriles is 1. The Morgan fingerprint density at radius 2 is 2.15 bits per heavy atom. The van der Waals surface area contributed by atoms with Crippen molar-refractivity contribution in [3.63, 3.8) is 0 Å². The van der Waals surface area contributed by atoms with Crippen LogP contribution in [0.3, 0.4) is 0 Å². The van der Waals surface area contributed by atoms with Gasteiger partial charge in [-0.15, -0.1) is 0 Å². The summed E-state index contributed by atoms with van der Waals surface area (Å²) in [5, 5.41) is 20.9. The van der Waals surface area contributed by atoms with E-state index < -0.39 is 11.5 Å². The number of aliphatic hydroxyl groups is 1. The van der Waals surface area contributed by atoms with E-state index in [9.17, 15) is 10.4 Å². The SMILES string of the molecule is CCC1CCC(C#N)(C(O)c2ccc(Cl)c(Br)c2)CC1. The summed E-state index contributed by atoms with van der Waals surface area (Å²) >= 11 is 9.36. The Morgan fingerprint density at radius 3 is 2.65 bits per heavy atom. The topological polar surface area (TPSA) is 44.0 Å². The molecule has 0 radical (unpaired) electrons. The van der Waals surface area contributed by atoms with Gasteiger partial charge in [-0.05, 0) is 65.2 Å². The lowest BCUT2D eigenvalue weighted by molar-refractivity contribution is 0.0242. The third-order valence-corrected chi connectivity index (χ3v) is 5.79. The summed E-state index contributed by atoms with van der Waals surface area (Å²) in [6.45, 7) is 2.19. The van der Waals surface area contributed by atoms with E-state index in [-0.39, 0.29) is 0 Å². The zero-order chi connectivity index (χ0) is 14.8. The molecule has 2 rings (SSSR count). The first-order chi connectivity index (χ1) is 9.52. The first-order valence-corrected chi connectivity index (χ1v) is 8.24. The highest BCUT2D eigenvalue weighted by molar-refractivity contribution is 9.10. The average Bonchev–Trinajstić information content (AvgIpc) is 2.49. The normalized spacial score (nSPS) is 27.9. The molecule has 0 heterocycles. The number of halogens is 2. The van der Waals surface area contributed by atoms with Crippen molar-refractivity contribution in [1.29, 1.82) is 5.26 Å². The Labute approximate surface area is 133 Å². The maximum Gasteiger partial charge on any atom is 0.0976 e. The summed E-state index contributed by atoms with van der Waals surface area (Å²) in [6.07, 6.45) is 3.99. The molecule has 1 N–H and O–H groups in total. The predicted octanol–water partition coefficient (Wildman–Crippen LogP) is 5.25. The molecule has 0 spiro atoms. The first-order valence-electron chi connectivity index (χ1n) is 7.06. The third kappa shape index (κ3) is 3.03. The van der Waals surface area contributed by atoms with E-state index >= 15 is 0 Å². The molecule has 1 aromatic rings. The lowest BCUT2D eigenvalue weighted by atomic mass is 9.66. The van der Waals surface area contributed by atoms with Crippen LogP contribution in [-0.2, 0) is 0 Å². The quantitative estimate of drug-likeness (QED) is 0.804. The van der Waals surface area contributed by atoms with Gasteiger partial charge in [0.05, 0.1) is 22.6 Å². The van der Waals surface area contributed by atoms with Gasteiger partial charge in [0.25, 0.3) is 0 Å². The van der Waals surface area contributed by atoms with E-state index in [1.54, 1.807) is 6.07 Å². The molecule has 0 bridgehead atoms. The molecule has 1 fully saturated rings. The van der Waals surface area contributed by atoms with Crippen LogP contribution in [0, 0.1) is 22.7 Å².